The zero-order valence-electron chi connectivity index (χ0n) is 21.9. The summed E-state index contributed by atoms with van der Waals surface area (Å²) in [4.78, 5) is 2.45. The first-order chi connectivity index (χ1) is 17.9. The maximum absolute atomic E-state index is 2.45. The minimum atomic E-state index is -0.0441. The fourth-order valence-electron chi connectivity index (χ4n) is 6.76. The summed E-state index contributed by atoms with van der Waals surface area (Å²) in [6, 6.07) is 42.5. The van der Waals surface area contributed by atoms with Crippen LogP contribution in [-0.2, 0) is 10.8 Å². The average molecular weight is 478 g/mol. The van der Waals surface area contributed by atoms with Gasteiger partial charge in [0.1, 0.15) is 0 Å². The predicted molar refractivity (Wildman–Crippen MR) is 156 cm³/mol. The van der Waals surface area contributed by atoms with E-state index in [2.05, 4.69) is 148 Å². The number of fused-ring (bicyclic) bond motifs is 6. The molecule has 0 amide bonds. The minimum Gasteiger partial charge on any atom is -0.310 e. The van der Waals surface area contributed by atoms with Crippen molar-refractivity contribution in [2.24, 2.45) is 0 Å². The molecule has 0 bridgehead atoms. The Morgan fingerprint density at radius 3 is 1.76 bits per heavy atom. The topological polar surface area (TPSA) is 3.24 Å². The first-order valence-electron chi connectivity index (χ1n) is 13.2. The van der Waals surface area contributed by atoms with E-state index in [1.807, 2.05) is 0 Å². The molecule has 0 radical (unpaired) electrons. The molecule has 37 heavy (non-hydrogen) atoms. The Kier molecular flexibility index (Phi) is 4.60. The zero-order chi connectivity index (χ0) is 25.4. The third kappa shape index (κ3) is 3.04. The number of hydrogen-bond donors (Lipinski definition) is 0. The Balaban J connectivity index is 1.49. The van der Waals surface area contributed by atoms with Crippen LogP contribution in [0.15, 0.2) is 115 Å². The lowest BCUT2D eigenvalue weighted by Gasteiger charge is -2.30. The molecule has 0 spiro atoms. The summed E-state index contributed by atoms with van der Waals surface area (Å²) in [5.41, 5.74) is 14.5. The molecule has 1 heteroatoms. The lowest BCUT2D eigenvalue weighted by molar-refractivity contribution is 0.660. The van der Waals surface area contributed by atoms with Gasteiger partial charge in [-0.1, -0.05) is 113 Å². The maximum Gasteiger partial charge on any atom is 0.0543 e. The second-order valence-electron chi connectivity index (χ2n) is 11.4. The normalized spacial score (nSPS) is 15.5. The summed E-state index contributed by atoms with van der Waals surface area (Å²) >= 11 is 0. The van der Waals surface area contributed by atoms with Crippen LogP contribution in [-0.4, -0.2) is 0 Å². The van der Waals surface area contributed by atoms with Gasteiger partial charge < -0.3 is 4.90 Å². The van der Waals surface area contributed by atoms with Crippen molar-refractivity contribution in [3.8, 4) is 22.3 Å². The molecule has 2 aliphatic rings. The van der Waals surface area contributed by atoms with Gasteiger partial charge >= 0.3 is 0 Å². The monoisotopic (exact) mass is 477 g/mol. The third-order valence-corrected chi connectivity index (χ3v) is 8.67. The van der Waals surface area contributed by atoms with Gasteiger partial charge in [0.15, 0.2) is 0 Å². The number of benzene rings is 5. The van der Waals surface area contributed by atoms with Crippen LogP contribution in [0.2, 0.25) is 0 Å². The number of nitrogens with zero attached hydrogens (tertiary/aromatic N) is 1. The average Bonchev–Trinajstić information content (AvgIpc) is 3.30. The van der Waals surface area contributed by atoms with Gasteiger partial charge in [0.2, 0.25) is 0 Å². The summed E-state index contributed by atoms with van der Waals surface area (Å²) in [6.07, 6.45) is 0. The van der Waals surface area contributed by atoms with Gasteiger partial charge in [-0.3, -0.25) is 0 Å². The highest BCUT2D eigenvalue weighted by molar-refractivity contribution is 5.95. The van der Waals surface area contributed by atoms with Crippen molar-refractivity contribution >= 4 is 17.1 Å². The molecule has 0 aromatic heterocycles. The van der Waals surface area contributed by atoms with E-state index < -0.39 is 0 Å². The number of anilines is 3. The van der Waals surface area contributed by atoms with Gasteiger partial charge in [-0.2, -0.15) is 0 Å². The molecule has 5 aromatic carbocycles. The molecule has 2 aliphatic carbocycles. The third-order valence-electron chi connectivity index (χ3n) is 8.67. The molecule has 0 heterocycles. The lowest BCUT2D eigenvalue weighted by Crippen LogP contribution is -2.17. The molecule has 0 saturated carbocycles. The van der Waals surface area contributed by atoms with Crippen LogP contribution in [0, 0.1) is 0 Å². The van der Waals surface area contributed by atoms with Crippen molar-refractivity contribution in [2.75, 3.05) is 4.90 Å². The maximum atomic E-state index is 2.45. The molecule has 0 N–H and O–H groups in total. The molecule has 7 rings (SSSR count). The van der Waals surface area contributed by atoms with Crippen LogP contribution in [0.25, 0.3) is 22.3 Å². The summed E-state index contributed by atoms with van der Waals surface area (Å²) < 4.78 is 0. The highest BCUT2D eigenvalue weighted by Crippen LogP contribution is 2.55. The van der Waals surface area contributed by atoms with E-state index in [0.29, 0.717) is 0 Å². The van der Waals surface area contributed by atoms with E-state index in [0.717, 1.165) is 0 Å². The Morgan fingerprint density at radius 1 is 0.432 bits per heavy atom. The van der Waals surface area contributed by atoms with Crippen LogP contribution in [0.5, 0.6) is 0 Å². The zero-order valence-corrected chi connectivity index (χ0v) is 21.9. The van der Waals surface area contributed by atoms with Gasteiger partial charge in [0, 0.05) is 27.8 Å². The van der Waals surface area contributed by atoms with Crippen LogP contribution < -0.4 is 4.90 Å². The first-order valence-corrected chi connectivity index (χ1v) is 13.2. The molecule has 0 saturated heterocycles. The van der Waals surface area contributed by atoms with E-state index >= 15 is 0 Å². The Hall–Kier alpha value is -4.10. The molecule has 0 atom stereocenters. The summed E-state index contributed by atoms with van der Waals surface area (Å²) in [6.45, 7) is 9.41. The smallest absolute Gasteiger partial charge is 0.0543 e. The Bertz CT molecular complexity index is 1670. The van der Waals surface area contributed by atoms with Crippen molar-refractivity contribution in [1.82, 2.24) is 0 Å². The number of rotatable bonds is 3. The Labute approximate surface area is 220 Å². The van der Waals surface area contributed by atoms with E-state index in [1.165, 1.54) is 61.6 Å². The van der Waals surface area contributed by atoms with Gasteiger partial charge in [-0.05, 0) is 69.3 Å². The lowest BCUT2D eigenvalue weighted by atomic mass is 9.82. The van der Waals surface area contributed by atoms with Crippen LogP contribution in [0.4, 0.5) is 17.1 Å². The number of hydrogen-bond acceptors (Lipinski definition) is 1. The molecule has 0 aliphatic heterocycles. The highest BCUT2D eigenvalue weighted by Gasteiger charge is 2.39. The van der Waals surface area contributed by atoms with Gasteiger partial charge in [0.05, 0.1) is 5.69 Å². The fraction of sp³-hybridized carbons (Fsp3) is 0.167. The molecule has 0 unspecified atom stereocenters. The molecule has 5 aromatic rings. The molecule has 1 nitrogen and oxygen atoms in total. The van der Waals surface area contributed by atoms with Crippen molar-refractivity contribution in [1.29, 1.82) is 0 Å². The second-order valence-corrected chi connectivity index (χ2v) is 11.4. The summed E-state index contributed by atoms with van der Waals surface area (Å²) in [7, 11) is 0. The SMILES string of the molecule is CC1(C)c2ccccc2-c2ccc(N(c3ccccc3)c3cccc4c3-c3ccccc3C4(C)C)cc21. The highest BCUT2D eigenvalue weighted by atomic mass is 15.1. The standard InChI is InChI=1S/C36H31N/c1-35(2)30-18-11-9-16-28(30)34-31(35)19-12-20-33(34)37(24-13-6-5-7-14-24)25-21-22-27-26-15-8-10-17-29(26)36(3,4)32(27)23-25/h5-23H,1-4H3. The molecular formula is C36H31N. The van der Waals surface area contributed by atoms with E-state index in [9.17, 15) is 0 Å². The summed E-state index contributed by atoms with van der Waals surface area (Å²) in [5, 5.41) is 0. The minimum absolute atomic E-state index is 0.0358. The van der Waals surface area contributed by atoms with Gasteiger partial charge in [0.25, 0.3) is 0 Å². The second kappa shape index (κ2) is 7.70. The quantitative estimate of drug-likeness (QED) is 0.250. The van der Waals surface area contributed by atoms with E-state index in [1.54, 1.807) is 0 Å². The molecule has 0 fully saturated rings. The molecule has 180 valence electrons. The number of para-hydroxylation sites is 1. The van der Waals surface area contributed by atoms with Crippen molar-refractivity contribution in [3.63, 3.8) is 0 Å². The van der Waals surface area contributed by atoms with Gasteiger partial charge in [-0.15, -0.1) is 0 Å². The van der Waals surface area contributed by atoms with Crippen LogP contribution in [0.1, 0.15) is 49.9 Å². The van der Waals surface area contributed by atoms with Gasteiger partial charge in [-0.25, -0.2) is 0 Å². The van der Waals surface area contributed by atoms with E-state index in [4.69, 9.17) is 0 Å². The summed E-state index contributed by atoms with van der Waals surface area (Å²) in [5.74, 6) is 0. The van der Waals surface area contributed by atoms with Crippen molar-refractivity contribution in [2.45, 2.75) is 38.5 Å². The largest absolute Gasteiger partial charge is 0.310 e. The Morgan fingerprint density at radius 2 is 1.00 bits per heavy atom. The van der Waals surface area contributed by atoms with Crippen molar-refractivity contribution < 1.29 is 0 Å². The molecular weight excluding hydrogens is 446 g/mol. The van der Waals surface area contributed by atoms with E-state index in [-0.39, 0.29) is 10.8 Å². The van der Waals surface area contributed by atoms with Crippen molar-refractivity contribution in [3.05, 3.63) is 138 Å². The first kappa shape index (κ1) is 22.1. The fourth-order valence-corrected chi connectivity index (χ4v) is 6.76. The van der Waals surface area contributed by atoms with Crippen LogP contribution in [0.3, 0.4) is 0 Å². The van der Waals surface area contributed by atoms with Crippen LogP contribution >= 0.6 is 0 Å². The predicted octanol–water partition coefficient (Wildman–Crippen LogP) is 9.77.